The van der Waals surface area contributed by atoms with Crippen molar-refractivity contribution in [2.45, 2.75) is 29.7 Å². The number of carbonyl (C=O) groups excluding carboxylic acids is 1. The molecule has 1 aliphatic heterocycles. The minimum Gasteiger partial charge on any atom is -0.744 e. The first kappa shape index (κ1) is 38.0. The molecule has 1 amide bonds. The number of hydrogen-bond acceptors (Lipinski definition) is 12. The average Bonchev–Trinajstić information content (AvgIpc) is 3.13. The summed E-state index contributed by atoms with van der Waals surface area (Å²) in [6, 6.07) is 2.12. The first-order valence-electron chi connectivity index (χ1n) is 10.6. The Balaban J connectivity index is 0.00000323. The summed E-state index contributed by atoms with van der Waals surface area (Å²) in [7, 11) is -10.2. The minimum atomic E-state index is -5.22. The Kier molecular flexibility index (Phi) is 12.4. The molecule has 4 rings (SSSR count). The number of benzene rings is 2. The van der Waals surface area contributed by atoms with Crippen LogP contribution >= 0.6 is 34.8 Å². The number of amides is 1. The summed E-state index contributed by atoms with van der Waals surface area (Å²) in [4.78, 5) is 17.5. The third-order valence-electron chi connectivity index (χ3n) is 5.48. The molecule has 2 heterocycles. The topological polar surface area (TPSA) is 198 Å². The van der Waals surface area contributed by atoms with Gasteiger partial charge in [-0.2, -0.15) is 34.1 Å². The molecule has 216 valence electrons. The molecule has 0 saturated heterocycles. The van der Waals surface area contributed by atoms with Gasteiger partial charge in [0.05, 0.1) is 42.6 Å². The fourth-order valence-electron chi connectivity index (χ4n) is 3.60. The zero-order valence-corrected chi connectivity index (χ0v) is 30.0. The predicted octanol–water partition coefficient (Wildman–Crippen LogP) is -1.62. The summed E-state index contributed by atoms with van der Waals surface area (Å²) in [5.74, 6) is -2.35. The number of aromatic nitrogens is 2. The van der Waals surface area contributed by atoms with Crippen LogP contribution in [0.25, 0.3) is 11.3 Å². The molecular weight excluding hydrogens is 703 g/mol. The van der Waals surface area contributed by atoms with Crippen LogP contribution in [0.4, 0.5) is 20.2 Å². The van der Waals surface area contributed by atoms with Crippen molar-refractivity contribution in [3.8, 4) is 11.3 Å². The van der Waals surface area contributed by atoms with E-state index in [-0.39, 0.29) is 86.8 Å². The van der Waals surface area contributed by atoms with Crippen LogP contribution < -0.4 is 64.1 Å². The van der Waals surface area contributed by atoms with Crippen LogP contribution in [0.1, 0.15) is 12.5 Å². The summed E-state index contributed by atoms with van der Waals surface area (Å²) in [5.41, 5.74) is -1.54. The summed E-state index contributed by atoms with van der Waals surface area (Å²) in [6.45, 7) is 2.73. The van der Waals surface area contributed by atoms with E-state index in [1.807, 2.05) is 0 Å². The Hall–Kier alpha value is -1.19. The van der Waals surface area contributed by atoms with Gasteiger partial charge in [0.2, 0.25) is 5.95 Å². The number of azo groups is 1. The normalized spacial score (nSPS) is 15.4. The molecule has 43 heavy (non-hydrogen) atoms. The van der Waals surface area contributed by atoms with Crippen LogP contribution in [-0.4, -0.2) is 53.6 Å². The third-order valence-corrected chi connectivity index (χ3v) is 8.30. The zero-order chi connectivity index (χ0) is 30.6. The minimum absolute atomic E-state index is 0. The Morgan fingerprint density at radius 3 is 2.09 bits per heavy atom. The van der Waals surface area contributed by atoms with Crippen molar-refractivity contribution >= 4 is 78.0 Å². The van der Waals surface area contributed by atoms with Gasteiger partial charge in [-0.1, -0.05) is 34.8 Å². The maximum Gasteiger partial charge on any atom is 1.00 e. The van der Waals surface area contributed by atoms with Gasteiger partial charge in [0.15, 0.2) is 6.04 Å². The van der Waals surface area contributed by atoms with Crippen molar-refractivity contribution < 1.29 is 98.6 Å². The molecule has 1 unspecified atom stereocenters. The Labute approximate surface area is 301 Å². The van der Waals surface area contributed by atoms with Gasteiger partial charge in [-0.15, -0.1) is 0 Å². The molecule has 22 heteroatoms. The van der Waals surface area contributed by atoms with Crippen LogP contribution in [0.5, 0.6) is 0 Å². The smallest absolute Gasteiger partial charge is 0.744 e. The second kappa shape index (κ2) is 14.1. The van der Waals surface area contributed by atoms with Gasteiger partial charge < -0.3 is 9.11 Å². The quantitative estimate of drug-likeness (QED) is 0.0948. The van der Waals surface area contributed by atoms with Gasteiger partial charge in [-0.25, -0.2) is 21.8 Å². The van der Waals surface area contributed by atoms with Gasteiger partial charge in [0.1, 0.15) is 25.3 Å². The number of carbonyl (C=O) groups is 1. The van der Waals surface area contributed by atoms with Crippen LogP contribution in [0.3, 0.4) is 0 Å². The van der Waals surface area contributed by atoms with Gasteiger partial charge in [0, 0.05) is 5.56 Å². The van der Waals surface area contributed by atoms with Crippen molar-refractivity contribution in [2.24, 2.45) is 15.3 Å². The van der Waals surface area contributed by atoms with Crippen molar-refractivity contribution in [2.75, 3.05) is 5.01 Å². The standard InChI is InChI=1S/C21H13Cl3F2N6O7S2.2Na/c1-7-3-14(40(34,35)36)9(18-16(24)19(25)28-21(26)27-18)4-12(7)29-30-17-8(2)31-32(20(17)33)13-5-11(23)15(6-10(13)22)41(37,38)39;;/h3-6,17H,1-2H3,(H,34,35,36)(H,37,38,39);;/q;2*+1/p-2. The zero-order valence-electron chi connectivity index (χ0n) is 22.1. The first-order valence-corrected chi connectivity index (χ1v) is 14.6. The van der Waals surface area contributed by atoms with E-state index in [1.165, 1.54) is 13.8 Å². The first-order chi connectivity index (χ1) is 18.9. The summed E-state index contributed by atoms with van der Waals surface area (Å²) < 4.78 is 97.5. The van der Waals surface area contributed by atoms with E-state index in [2.05, 4.69) is 25.3 Å². The Bertz CT molecular complexity index is 1940. The molecule has 1 aromatic heterocycles. The van der Waals surface area contributed by atoms with Gasteiger partial charge in [-0.05, 0) is 43.7 Å². The molecular formula is C21H11Cl3F2N6Na2O7S2. The second-order valence-corrected chi connectivity index (χ2v) is 12.1. The van der Waals surface area contributed by atoms with Crippen molar-refractivity contribution in [3.05, 3.63) is 56.9 Å². The Morgan fingerprint density at radius 1 is 0.907 bits per heavy atom. The van der Waals surface area contributed by atoms with E-state index in [1.54, 1.807) is 0 Å². The van der Waals surface area contributed by atoms with E-state index in [4.69, 9.17) is 34.8 Å². The molecule has 0 N–H and O–H groups in total. The van der Waals surface area contributed by atoms with Crippen LogP contribution in [0.15, 0.2) is 49.4 Å². The molecule has 3 aromatic rings. The molecule has 0 aliphatic carbocycles. The van der Waals surface area contributed by atoms with Crippen molar-refractivity contribution in [1.82, 2.24) is 9.97 Å². The SMILES string of the molecule is CC1=NN(c2cc(Cl)c(S(=O)(=O)[O-])cc2Cl)C(=O)C1N=Nc1cc(-c2nc(F)nc(F)c2Cl)c(S(=O)(=O)[O-])cc1C.[Na+].[Na+]. The van der Waals surface area contributed by atoms with Gasteiger partial charge >= 0.3 is 65.2 Å². The molecule has 0 radical (unpaired) electrons. The fraction of sp³-hybridized carbons (Fsp3) is 0.143. The molecule has 0 fully saturated rings. The van der Waals surface area contributed by atoms with Crippen LogP contribution in [0, 0.1) is 18.9 Å². The number of rotatable bonds is 6. The summed E-state index contributed by atoms with van der Waals surface area (Å²) in [5, 5.41) is 10.9. The van der Waals surface area contributed by atoms with Gasteiger partial charge in [-0.3, -0.25) is 4.79 Å². The predicted molar refractivity (Wildman–Crippen MR) is 138 cm³/mol. The van der Waals surface area contributed by atoms with E-state index in [9.17, 15) is 39.5 Å². The maximum absolute atomic E-state index is 14.0. The number of hydrazone groups is 1. The van der Waals surface area contributed by atoms with E-state index >= 15 is 0 Å². The van der Waals surface area contributed by atoms with E-state index in [0.717, 1.165) is 29.3 Å². The average molecular weight is 714 g/mol. The third kappa shape index (κ3) is 7.97. The summed E-state index contributed by atoms with van der Waals surface area (Å²) >= 11 is 17.8. The largest absolute Gasteiger partial charge is 1.00 e. The monoisotopic (exact) mass is 712 g/mol. The van der Waals surface area contributed by atoms with E-state index in [0.29, 0.717) is 0 Å². The molecule has 0 bridgehead atoms. The molecule has 1 atom stereocenters. The fourth-order valence-corrected chi connectivity index (χ4v) is 5.84. The number of aryl methyl sites for hydroxylation is 1. The maximum atomic E-state index is 14.0. The van der Waals surface area contributed by atoms with Crippen LogP contribution in [0.2, 0.25) is 15.1 Å². The van der Waals surface area contributed by atoms with E-state index < -0.39 is 75.3 Å². The Morgan fingerprint density at radius 2 is 1.51 bits per heavy atom. The second-order valence-electron chi connectivity index (χ2n) is 8.23. The molecule has 0 spiro atoms. The number of anilines is 1. The summed E-state index contributed by atoms with van der Waals surface area (Å²) in [6.07, 6.45) is -1.59. The number of nitrogens with zero attached hydrogens (tertiary/aromatic N) is 6. The molecule has 13 nitrogen and oxygen atoms in total. The van der Waals surface area contributed by atoms with Crippen molar-refractivity contribution in [1.29, 1.82) is 0 Å². The molecule has 0 saturated carbocycles. The van der Waals surface area contributed by atoms with Crippen molar-refractivity contribution in [3.63, 3.8) is 0 Å². The number of halogens is 5. The number of hydrogen-bond donors (Lipinski definition) is 0. The molecule has 2 aromatic carbocycles. The van der Waals surface area contributed by atoms with Crippen LogP contribution in [-0.2, 0) is 25.0 Å². The van der Waals surface area contributed by atoms with Gasteiger partial charge in [0.25, 0.3) is 5.91 Å². The molecule has 1 aliphatic rings.